The Kier molecular flexibility index (Phi) is 30.8. The van der Waals surface area contributed by atoms with Gasteiger partial charge in [0.25, 0.3) is 0 Å². The lowest BCUT2D eigenvalue weighted by atomic mass is 9.92. The van der Waals surface area contributed by atoms with E-state index in [1.165, 1.54) is 154 Å². The number of carbonyl (C=O) groups excluding carboxylic acids is 2. The Hall–Kier alpha value is -0.660. The summed E-state index contributed by atoms with van der Waals surface area (Å²) in [5.41, 5.74) is 0. The van der Waals surface area contributed by atoms with Crippen molar-refractivity contribution in [1.82, 2.24) is 0 Å². The van der Waals surface area contributed by atoms with Gasteiger partial charge >= 0.3 is 0 Å². The zero-order valence-corrected chi connectivity index (χ0v) is 28.2. The fraction of sp³-hybridized carbons (Fsp3) is 0.947. The number of unbranched alkanes of at least 4 members (excludes halogenated alkanes) is 23. The third kappa shape index (κ3) is 27.5. The molecule has 2 atom stereocenters. The summed E-state index contributed by atoms with van der Waals surface area (Å²) in [6, 6.07) is 0. The molecule has 0 aliphatic carbocycles. The second-order valence-corrected chi connectivity index (χ2v) is 13.3. The Morgan fingerprint density at radius 3 is 0.825 bits per heavy atom. The normalized spacial score (nSPS) is 13.0. The molecule has 0 fully saturated rings. The van der Waals surface area contributed by atoms with Crippen molar-refractivity contribution in [2.45, 2.75) is 220 Å². The molecule has 0 saturated carbocycles. The van der Waals surface area contributed by atoms with Crippen LogP contribution in [-0.2, 0) is 9.59 Å². The van der Waals surface area contributed by atoms with Gasteiger partial charge in [0, 0.05) is 24.7 Å². The van der Waals surface area contributed by atoms with E-state index >= 15 is 0 Å². The fourth-order valence-corrected chi connectivity index (χ4v) is 6.00. The number of Topliss-reactive ketones (excluding diaryl/α,β-unsaturated/α-hetero) is 2. The minimum absolute atomic E-state index is 0.198. The Labute approximate surface area is 253 Å². The van der Waals surface area contributed by atoms with Crippen LogP contribution in [0.5, 0.6) is 0 Å². The van der Waals surface area contributed by atoms with Gasteiger partial charge in [-0.2, -0.15) is 0 Å². The highest BCUT2D eigenvalue weighted by Gasteiger charge is 2.15. The molecule has 0 N–H and O–H groups in total. The summed E-state index contributed by atoms with van der Waals surface area (Å²) in [4.78, 5) is 25.0. The summed E-state index contributed by atoms with van der Waals surface area (Å²) in [6.45, 7) is 8.79. The van der Waals surface area contributed by atoms with Crippen LogP contribution in [0.15, 0.2) is 0 Å². The summed E-state index contributed by atoms with van der Waals surface area (Å²) < 4.78 is 0. The van der Waals surface area contributed by atoms with Crippen LogP contribution in [0.2, 0.25) is 0 Å². The number of hydrogen-bond donors (Lipinski definition) is 0. The highest BCUT2D eigenvalue weighted by atomic mass is 16.1. The molecule has 0 saturated heterocycles. The van der Waals surface area contributed by atoms with Crippen molar-refractivity contribution in [3.8, 4) is 0 Å². The predicted molar refractivity (Wildman–Crippen MR) is 178 cm³/mol. The second-order valence-electron chi connectivity index (χ2n) is 13.3. The summed E-state index contributed by atoms with van der Waals surface area (Å²) in [5.74, 6) is 1.23. The van der Waals surface area contributed by atoms with Crippen LogP contribution < -0.4 is 0 Å². The van der Waals surface area contributed by atoms with Crippen LogP contribution in [0.1, 0.15) is 220 Å². The minimum atomic E-state index is 0.198. The van der Waals surface area contributed by atoms with Gasteiger partial charge in [0.2, 0.25) is 0 Å². The third-order valence-corrected chi connectivity index (χ3v) is 9.18. The summed E-state index contributed by atoms with van der Waals surface area (Å²) in [7, 11) is 0. The maximum atomic E-state index is 12.5. The van der Waals surface area contributed by atoms with E-state index in [0.717, 1.165) is 25.7 Å². The number of rotatable bonds is 33. The molecule has 0 spiro atoms. The molecule has 0 aliphatic rings. The highest BCUT2D eigenvalue weighted by Crippen LogP contribution is 2.19. The van der Waals surface area contributed by atoms with E-state index < -0.39 is 0 Å². The van der Waals surface area contributed by atoms with E-state index in [2.05, 4.69) is 27.7 Å². The molecule has 0 rings (SSSR count). The molecule has 238 valence electrons. The lowest BCUT2D eigenvalue weighted by Crippen LogP contribution is -2.12. The van der Waals surface area contributed by atoms with Gasteiger partial charge in [0.15, 0.2) is 0 Å². The van der Waals surface area contributed by atoms with Crippen molar-refractivity contribution in [2.75, 3.05) is 0 Å². The number of carbonyl (C=O) groups is 2. The van der Waals surface area contributed by atoms with Crippen LogP contribution in [-0.4, -0.2) is 11.6 Å². The van der Waals surface area contributed by atoms with Crippen LogP contribution in [0.3, 0.4) is 0 Å². The molecule has 0 bridgehead atoms. The Morgan fingerprint density at radius 2 is 0.575 bits per heavy atom. The average Bonchev–Trinajstić information content (AvgIpc) is 2.95. The highest BCUT2D eigenvalue weighted by molar-refractivity contribution is 5.81. The van der Waals surface area contributed by atoms with E-state index in [1.807, 2.05) is 0 Å². The quantitative estimate of drug-likeness (QED) is 0.0745. The standard InChI is InChI=1S/C38H74O2/c1-5-7-9-11-13-15-17-19-21-23-25-27-31-35(3)37(39)33-29-30-34-38(40)36(4)32-28-26-24-22-20-18-16-14-12-10-8-6-2/h35-36H,5-34H2,1-4H3. The first-order chi connectivity index (χ1) is 19.5. The van der Waals surface area contributed by atoms with E-state index in [4.69, 9.17) is 0 Å². The Balaban J connectivity index is 3.52. The SMILES string of the molecule is CCCCCCCCCCCCCCC(C)C(=O)CCCCC(=O)C(C)CCCCCCCCCCCCCC. The van der Waals surface area contributed by atoms with Crippen molar-refractivity contribution in [1.29, 1.82) is 0 Å². The molecular weight excluding hydrogens is 488 g/mol. The lowest BCUT2D eigenvalue weighted by molar-refractivity contribution is -0.124. The zero-order chi connectivity index (χ0) is 29.5. The summed E-state index contributed by atoms with van der Waals surface area (Å²) >= 11 is 0. The molecule has 0 aliphatic heterocycles. The van der Waals surface area contributed by atoms with Gasteiger partial charge in [-0.1, -0.05) is 182 Å². The van der Waals surface area contributed by atoms with Crippen molar-refractivity contribution < 1.29 is 9.59 Å². The molecular formula is C38H74O2. The van der Waals surface area contributed by atoms with E-state index in [0.29, 0.717) is 24.4 Å². The summed E-state index contributed by atoms with van der Waals surface area (Å²) in [5, 5.41) is 0. The molecule has 40 heavy (non-hydrogen) atoms. The average molecular weight is 563 g/mol. The molecule has 0 heterocycles. The van der Waals surface area contributed by atoms with Gasteiger partial charge in [-0.15, -0.1) is 0 Å². The van der Waals surface area contributed by atoms with E-state index in [1.54, 1.807) is 0 Å². The van der Waals surface area contributed by atoms with Gasteiger partial charge in [-0.3, -0.25) is 9.59 Å². The minimum Gasteiger partial charge on any atom is -0.299 e. The number of hydrogen-bond acceptors (Lipinski definition) is 2. The molecule has 2 nitrogen and oxygen atoms in total. The molecule has 0 radical (unpaired) electrons. The van der Waals surface area contributed by atoms with Gasteiger partial charge in [-0.05, 0) is 25.7 Å². The molecule has 0 aromatic rings. The van der Waals surface area contributed by atoms with Gasteiger partial charge in [0.05, 0.1) is 0 Å². The van der Waals surface area contributed by atoms with E-state index in [-0.39, 0.29) is 11.8 Å². The van der Waals surface area contributed by atoms with Crippen molar-refractivity contribution >= 4 is 11.6 Å². The molecule has 0 aromatic carbocycles. The first-order valence-corrected chi connectivity index (χ1v) is 18.6. The zero-order valence-electron chi connectivity index (χ0n) is 28.2. The predicted octanol–water partition coefficient (Wildman–Crippen LogP) is 13.1. The maximum absolute atomic E-state index is 12.5. The van der Waals surface area contributed by atoms with Crippen molar-refractivity contribution in [3.63, 3.8) is 0 Å². The molecule has 2 heteroatoms. The Bertz CT molecular complexity index is 492. The smallest absolute Gasteiger partial charge is 0.135 e. The Morgan fingerprint density at radius 1 is 0.350 bits per heavy atom. The van der Waals surface area contributed by atoms with Crippen LogP contribution in [0.4, 0.5) is 0 Å². The van der Waals surface area contributed by atoms with Gasteiger partial charge < -0.3 is 0 Å². The molecule has 2 unspecified atom stereocenters. The maximum Gasteiger partial charge on any atom is 0.135 e. The van der Waals surface area contributed by atoms with E-state index in [9.17, 15) is 9.59 Å². The topological polar surface area (TPSA) is 34.1 Å². The van der Waals surface area contributed by atoms with Crippen LogP contribution >= 0.6 is 0 Å². The number of ketones is 2. The van der Waals surface area contributed by atoms with Crippen LogP contribution in [0, 0.1) is 11.8 Å². The largest absolute Gasteiger partial charge is 0.299 e. The first-order valence-electron chi connectivity index (χ1n) is 18.6. The first kappa shape index (κ1) is 39.3. The lowest BCUT2D eigenvalue weighted by Gasteiger charge is -2.12. The molecule has 0 aromatic heterocycles. The fourth-order valence-electron chi connectivity index (χ4n) is 6.00. The molecule has 0 amide bonds. The van der Waals surface area contributed by atoms with Crippen LogP contribution in [0.25, 0.3) is 0 Å². The summed E-state index contributed by atoms with van der Waals surface area (Å²) in [6.07, 6.45) is 38.0. The third-order valence-electron chi connectivity index (χ3n) is 9.18. The second kappa shape index (κ2) is 31.3. The monoisotopic (exact) mass is 563 g/mol. The van der Waals surface area contributed by atoms with Gasteiger partial charge in [-0.25, -0.2) is 0 Å². The van der Waals surface area contributed by atoms with Crippen molar-refractivity contribution in [3.05, 3.63) is 0 Å². The van der Waals surface area contributed by atoms with Gasteiger partial charge in [0.1, 0.15) is 11.6 Å². The van der Waals surface area contributed by atoms with Crippen molar-refractivity contribution in [2.24, 2.45) is 11.8 Å².